The Bertz CT molecular complexity index is 425. The number of amides is 1. The standard InChI is InChI=1S/C11H19N5O2/c1-8(7-16-6-4-5-13-16)14-10(17)11(2,3)9(12)15-18/h4-6,8,18H,7H2,1-3H3,(H2,12,15)(H,14,17). The van der Waals surface area contributed by atoms with Crippen LogP contribution in [-0.4, -0.2) is 32.8 Å². The zero-order valence-electron chi connectivity index (χ0n) is 10.8. The summed E-state index contributed by atoms with van der Waals surface area (Å²) < 4.78 is 1.72. The van der Waals surface area contributed by atoms with E-state index >= 15 is 0 Å². The first kappa shape index (κ1) is 14.0. The Kier molecular flexibility index (Phi) is 4.30. The molecule has 0 aromatic carbocycles. The molecule has 100 valence electrons. The Hall–Kier alpha value is -2.05. The van der Waals surface area contributed by atoms with E-state index in [9.17, 15) is 4.79 Å². The topological polar surface area (TPSA) is 106 Å². The molecule has 0 radical (unpaired) electrons. The zero-order chi connectivity index (χ0) is 13.8. The quantitative estimate of drug-likeness (QED) is 0.301. The monoisotopic (exact) mass is 253 g/mol. The van der Waals surface area contributed by atoms with Crippen molar-refractivity contribution in [1.82, 2.24) is 15.1 Å². The third-order valence-electron chi connectivity index (χ3n) is 2.71. The molecule has 1 unspecified atom stereocenters. The molecular formula is C11H19N5O2. The summed E-state index contributed by atoms with van der Waals surface area (Å²) in [6.45, 7) is 5.61. The first-order valence-corrected chi connectivity index (χ1v) is 5.64. The van der Waals surface area contributed by atoms with E-state index in [2.05, 4.69) is 15.6 Å². The Labute approximate surface area is 106 Å². The second kappa shape index (κ2) is 5.52. The van der Waals surface area contributed by atoms with E-state index in [1.807, 2.05) is 19.2 Å². The van der Waals surface area contributed by atoms with Gasteiger partial charge in [0.2, 0.25) is 5.91 Å². The van der Waals surface area contributed by atoms with Crippen molar-refractivity contribution < 1.29 is 10.0 Å². The number of nitrogens with zero attached hydrogens (tertiary/aromatic N) is 3. The number of hydrogen-bond donors (Lipinski definition) is 3. The summed E-state index contributed by atoms with van der Waals surface area (Å²) in [5, 5.41) is 18.4. The fourth-order valence-corrected chi connectivity index (χ4v) is 1.38. The van der Waals surface area contributed by atoms with E-state index in [4.69, 9.17) is 10.9 Å². The molecule has 1 heterocycles. The second-order valence-electron chi connectivity index (χ2n) is 4.71. The Balaban J connectivity index is 2.59. The molecule has 0 aliphatic heterocycles. The van der Waals surface area contributed by atoms with Gasteiger partial charge in [0.05, 0.1) is 6.54 Å². The molecule has 1 aromatic rings. The van der Waals surface area contributed by atoms with Crippen LogP contribution in [0.2, 0.25) is 0 Å². The van der Waals surface area contributed by atoms with Crippen LogP contribution in [-0.2, 0) is 11.3 Å². The average Bonchev–Trinajstić information content (AvgIpc) is 2.80. The van der Waals surface area contributed by atoms with Gasteiger partial charge in [0, 0.05) is 18.4 Å². The van der Waals surface area contributed by atoms with Gasteiger partial charge in [0.15, 0.2) is 5.84 Å². The number of carbonyl (C=O) groups is 1. The number of aromatic nitrogens is 2. The molecule has 1 rings (SSSR count). The molecule has 0 fully saturated rings. The fourth-order valence-electron chi connectivity index (χ4n) is 1.38. The average molecular weight is 253 g/mol. The van der Waals surface area contributed by atoms with Crippen molar-refractivity contribution in [1.29, 1.82) is 0 Å². The van der Waals surface area contributed by atoms with Gasteiger partial charge in [0.25, 0.3) is 0 Å². The Morgan fingerprint density at radius 1 is 1.67 bits per heavy atom. The van der Waals surface area contributed by atoms with Crippen LogP contribution < -0.4 is 11.1 Å². The predicted octanol–water partition coefficient (Wildman–Crippen LogP) is 0.160. The number of amidine groups is 1. The van der Waals surface area contributed by atoms with Gasteiger partial charge in [-0.05, 0) is 26.8 Å². The van der Waals surface area contributed by atoms with Crippen molar-refractivity contribution in [3.63, 3.8) is 0 Å². The summed E-state index contributed by atoms with van der Waals surface area (Å²) in [5.41, 5.74) is 4.44. The molecule has 0 spiro atoms. The molecule has 0 aliphatic carbocycles. The molecule has 18 heavy (non-hydrogen) atoms. The zero-order valence-corrected chi connectivity index (χ0v) is 10.8. The van der Waals surface area contributed by atoms with Crippen LogP contribution in [0.3, 0.4) is 0 Å². The normalized spacial score (nSPS) is 14.3. The van der Waals surface area contributed by atoms with E-state index in [0.29, 0.717) is 6.54 Å². The van der Waals surface area contributed by atoms with Gasteiger partial charge in [0.1, 0.15) is 5.41 Å². The highest BCUT2D eigenvalue weighted by Gasteiger charge is 2.33. The van der Waals surface area contributed by atoms with Crippen LogP contribution in [0.4, 0.5) is 0 Å². The van der Waals surface area contributed by atoms with E-state index in [0.717, 1.165) is 0 Å². The van der Waals surface area contributed by atoms with Crippen molar-refractivity contribution >= 4 is 11.7 Å². The summed E-state index contributed by atoms with van der Waals surface area (Å²) >= 11 is 0. The second-order valence-corrected chi connectivity index (χ2v) is 4.71. The SMILES string of the molecule is CC(Cn1cccn1)NC(=O)C(C)(C)C(N)=NO. The highest BCUT2D eigenvalue weighted by molar-refractivity contribution is 6.05. The number of carbonyl (C=O) groups excluding carboxylic acids is 1. The van der Waals surface area contributed by atoms with E-state index in [1.165, 1.54) is 0 Å². The molecule has 0 bridgehead atoms. The highest BCUT2D eigenvalue weighted by atomic mass is 16.4. The van der Waals surface area contributed by atoms with Crippen LogP contribution >= 0.6 is 0 Å². The first-order valence-electron chi connectivity index (χ1n) is 5.64. The number of rotatable bonds is 5. The lowest BCUT2D eigenvalue weighted by atomic mass is 9.90. The largest absolute Gasteiger partial charge is 0.409 e. The van der Waals surface area contributed by atoms with Gasteiger partial charge >= 0.3 is 0 Å². The van der Waals surface area contributed by atoms with Crippen molar-refractivity contribution in [3.05, 3.63) is 18.5 Å². The maximum atomic E-state index is 12.0. The molecule has 0 saturated carbocycles. The lowest BCUT2D eigenvalue weighted by Crippen LogP contribution is -2.49. The number of oxime groups is 1. The van der Waals surface area contributed by atoms with Crippen molar-refractivity contribution in [2.24, 2.45) is 16.3 Å². The minimum Gasteiger partial charge on any atom is -0.409 e. The molecule has 4 N–H and O–H groups in total. The number of nitrogens with one attached hydrogen (secondary N) is 1. The van der Waals surface area contributed by atoms with Crippen LogP contribution in [0.15, 0.2) is 23.6 Å². The molecule has 1 atom stereocenters. The van der Waals surface area contributed by atoms with Gasteiger partial charge in [-0.25, -0.2) is 0 Å². The van der Waals surface area contributed by atoms with E-state index in [-0.39, 0.29) is 17.8 Å². The third kappa shape index (κ3) is 3.22. The minimum absolute atomic E-state index is 0.108. The molecular weight excluding hydrogens is 234 g/mol. The molecule has 0 aliphatic rings. The fraction of sp³-hybridized carbons (Fsp3) is 0.545. The maximum absolute atomic E-state index is 12.0. The van der Waals surface area contributed by atoms with Gasteiger partial charge in [-0.2, -0.15) is 5.10 Å². The van der Waals surface area contributed by atoms with Gasteiger partial charge in [-0.1, -0.05) is 5.16 Å². The van der Waals surface area contributed by atoms with E-state index in [1.54, 1.807) is 24.7 Å². The molecule has 1 amide bonds. The summed E-state index contributed by atoms with van der Waals surface area (Å²) in [5.74, 6) is -0.413. The van der Waals surface area contributed by atoms with Crippen LogP contribution in [0.1, 0.15) is 20.8 Å². The van der Waals surface area contributed by atoms with Gasteiger partial charge < -0.3 is 16.3 Å². The van der Waals surface area contributed by atoms with Crippen LogP contribution in [0, 0.1) is 5.41 Å². The first-order chi connectivity index (χ1) is 8.37. The highest BCUT2D eigenvalue weighted by Crippen LogP contribution is 2.15. The van der Waals surface area contributed by atoms with Gasteiger partial charge in [-0.3, -0.25) is 9.48 Å². The van der Waals surface area contributed by atoms with Crippen molar-refractivity contribution in [2.45, 2.75) is 33.4 Å². The smallest absolute Gasteiger partial charge is 0.233 e. The summed E-state index contributed by atoms with van der Waals surface area (Å²) in [6.07, 6.45) is 3.49. The van der Waals surface area contributed by atoms with Gasteiger partial charge in [-0.15, -0.1) is 0 Å². The summed E-state index contributed by atoms with van der Waals surface area (Å²) in [4.78, 5) is 12.0. The molecule has 0 saturated heterocycles. The third-order valence-corrected chi connectivity index (χ3v) is 2.71. The number of nitrogens with two attached hydrogens (primary N) is 1. The predicted molar refractivity (Wildman–Crippen MR) is 67.0 cm³/mol. The summed E-state index contributed by atoms with van der Waals surface area (Å²) in [6, 6.07) is 1.71. The van der Waals surface area contributed by atoms with Crippen LogP contribution in [0.5, 0.6) is 0 Å². The maximum Gasteiger partial charge on any atom is 0.233 e. The molecule has 1 aromatic heterocycles. The van der Waals surface area contributed by atoms with Crippen molar-refractivity contribution in [2.75, 3.05) is 0 Å². The summed E-state index contributed by atoms with van der Waals surface area (Å²) in [7, 11) is 0. The Morgan fingerprint density at radius 3 is 2.83 bits per heavy atom. The van der Waals surface area contributed by atoms with E-state index < -0.39 is 5.41 Å². The molecule has 7 nitrogen and oxygen atoms in total. The minimum atomic E-state index is -1.05. The van der Waals surface area contributed by atoms with Crippen molar-refractivity contribution in [3.8, 4) is 0 Å². The number of hydrogen-bond acceptors (Lipinski definition) is 4. The lowest BCUT2D eigenvalue weighted by Gasteiger charge is -2.24. The lowest BCUT2D eigenvalue weighted by molar-refractivity contribution is -0.127. The van der Waals surface area contributed by atoms with Crippen LogP contribution in [0.25, 0.3) is 0 Å². The Morgan fingerprint density at radius 2 is 2.33 bits per heavy atom. The molecule has 7 heteroatoms.